The lowest BCUT2D eigenvalue weighted by Crippen LogP contribution is -2.29. The highest BCUT2D eigenvalue weighted by Crippen LogP contribution is 2.46. The minimum Gasteiger partial charge on any atom is -0.507 e. The second kappa shape index (κ2) is 8.88. The first kappa shape index (κ1) is 22.6. The number of carbonyl (C=O) groups is 2. The SMILES string of the molecule is COc1ccc2nc(N3C(=O)C(=O)/C(=C(/O)c4ccc(C)cc4)[C@H]3c3ccccc3OC)sc2c1. The summed E-state index contributed by atoms with van der Waals surface area (Å²) in [7, 11) is 3.10. The molecule has 7 nitrogen and oxygen atoms in total. The van der Waals surface area contributed by atoms with Crippen LogP contribution in [-0.2, 0) is 9.59 Å². The van der Waals surface area contributed by atoms with Crippen molar-refractivity contribution in [2.45, 2.75) is 13.0 Å². The molecule has 1 N–H and O–H groups in total. The summed E-state index contributed by atoms with van der Waals surface area (Å²) >= 11 is 1.27. The van der Waals surface area contributed by atoms with Crippen molar-refractivity contribution in [1.29, 1.82) is 0 Å². The lowest BCUT2D eigenvalue weighted by molar-refractivity contribution is -0.132. The smallest absolute Gasteiger partial charge is 0.301 e. The monoisotopic (exact) mass is 486 g/mol. The van der Waals surface area contributed by atoms with Gasteiger partial charge in [0, 0.05) is 11.1 Å². The molecule has 0 unspecified atom stereocenters. The first-order valence-corrected chi connectivity index (χ1v) is 11.7. The zero-order valence-corrected chi connectivity index (χ0v) is 20.1. The number of ether oxygens (including phenoxy) is 2. The number of methoxy groups -OCH3 is 2. The highest BCUT2D eigenvalue weighted by molar-refractivity contribution is 7.22. The molecule has 5 rings (SSSR count). The van der Waals surface area contributed by atoms with Crippen molar-refractivity contribution in [1.82, 2.24) is 4.98 Å². The van der Waals surface area contributed by atoms with Crippen LogP contribution < -0.4 is 14.4 Å². The van der Waals surface area contributed by atoms with Gasteiger partial charge in [0.25, 0.3) is 5.78 Å². The van der Waals surface area contributed by atoms with Crippen molar-refractivity contribution >= 4 is 44.1 Å². The lowest BCUT2D eigenvalue weighted by atomic mass is 9.94. The molecule has 0 aliphatic carbocycles. The lowest BCUT2D eigenvalue weighted by Gasteiger charge is -2.24. The van der Waals surface area contributed by atoms with Gasteiger partial charge in [0.2, 0.25) is 0 Å². The normalized spacial score (nSPS) is 17.2. The molecule has 0 saturated carbocycles. The Bertz CT molecular complexity index is 1490. The van der Waals surface area contributed by atoms with Crippen molar-refractivity contribution in [2.75, 3.05) is 19.1 Å². The zero-order chi connectivity index (χ0) is 24.7. The highest BCUT2D eigenvalue weighted by atomic mass is 32.1. The quantitative estimate of drug-likeness (QED) is 0.236. The van der Waals surface area contributed by atoms with Gasteiger partial charge in [0.1, 0.15) is 23.3 Å². The molecule has 4 aromatic rings. The van der Waals surface area contributed by atoms with E-state index in [4.69, 9.17) is 9.47 Å². The average molecular weight is 487 g/mol. The minimum absolute atomic E-state index is 0.0137. The third-order valence-corrected chi connectivity index (χ3v) is 7.01. The van der Waals surface area contributed by atoms with E-state index in [0.29, 0.717) is 33.3 Å². The second-order valence-corrected chi connectivity index (χ2v) is 9.12. The van der Waals surface area contributed by atoms with Crippen LogP contribution in [0.1, 0.15) is 22.7 Å². The van der Waals surface area contributed by atoms with Gasteiger partial charge in [-0.1, -0.05) is 59.4 Å². The van der Waals surface area contributed by atoms with Gasteiger partial charge in [-0.05, 0) is 31.2 Å². The molecule has 2 heterocycles. The van der Waals surface area contributed by atoms with Crippen LogP contribution in [0.4, 0.5) is 5.13 Å². The summed E-state index contributed by atoms with van der Waals surface area (Å²) < 4.78 is 11.7. The van der Waals surface area contributed by atoms with E-state index in [-0.39, 0.29) is 11.3 Å². The number of rotatable bonds is 5. The number of fused-ring (bicyclic) bond motifs is 1. The fourth-order valence-electron chi connectivity index (χ4n) is 4.21. The number of anilines is 1. The summed E-state index contributed by atoms with van der Waals surface area (Å²) in [6, 6.07) is 18.8. The highest BCUT2D eigenvalue weighted by Gasteiger charge is 2.49. The average Bonchev–Trinajstić information content (AvgIpc) is 3.41. The summed E-state index contributed by atoms with van der Waals surface area (Å²) in [5.41, 5.74) is 2.68. The van der Waals surface area contributed by atoms with Crippen LogP contribution in [-0.4, -0.2) is 36.0 Å². The van der Waals surface area contributed by atoms with E-state index < -0.39 is 17.7 Å². The Morgan fingerprint density at radius 3 is 2.46 bits per heavy atom. The van der Waals surface area contributed by atoms with Gasteiger partial charge in [0.05, 0.1) is 30.0 Å². The number of ketones is 1. The van der Waals surface area contributed by atoms with Crippen molar-refractivity contribution in [3.63, 3.8) is 0 Å². The molecule has 3 aromatic carbocycles. The molecule has 1 saturated heterocycles. The number of aromatic nitrogens is 1. The van der Waals surface area contributed by atoms with Crippen LogP contribution in [0.3, 0.4) is 0 Å². The number of hydrogen-bond donors (Lipinski definition) is 1. The minimum atomic E-state index is -0.921. The maximum absolute atomic E-state index is 13.4. The Labute approximate surface area is 205 Å². The van der Waals surface area contributed by atoms with Gasteiger partial charge in [0.15, 0.2) is 5.13 Å². The van der Waals surface area contributed by atoms with Gasteiger partial charge in [-0.25, -0.2) is 4.98 Å². The largest absolute Gasteiger partial charge is 0.507 e. The van der Waals surface area contributed by atoms with Crippen molar-refractivity contribution in [3.05, 3.63) is 89.0 Å². The summed E-state index contributed by atoms with van der Waals surface area (Å²) in [5.74, 6) is -0.640. The molecule has 8 heteroatoms. The molecular weight excluding hydrogens is 464 g/mol. The number of para-hydroxylation sites is 1. The number of aliphatic hydroxyl groups is 1. The van der Waals surface area contributed by atoms with Crippen LogP contribution in [0, 0.1) is 6.92 Å². The van der Waals surface area contributed by atoms with Gasteiger partial charge in [-0.15, -0.1) is 0 Å². The van der Waals surface area contributed by atoms with Crippen LogP contribution in [0.25, 0.3) is 16.0 Å². The van der Waals surface area contributed by atoms with Gasteiger partial charge in [-0.3, -0.25) is 14.5 Å². The molecule has 1 fully saturated rings. The van der Waals surface area contributed by atoms with Gasteiger partial charge >= 0.3 is 5.91 Å². The standard InChI is InChI=1S/C27H22N2O5S/c1-15-8-10-16(11-9-15)24(30)22-23(18-6-4-5-7-20(18)34-3)29(26(32)25(22)31)27-28-19-13-12-17(33-2)14-21(19)35-27/h4-14,23,30H,1-3H3/b24-22+/t23-/m1/s1. The first-order valence-electron chi connectivity index (χ1n) is 10.9. The number of aryl methyl sites for hydroxylation is 1. The molecular formula is C27H22N2O5S. The molecule has 1 aliphatic rings. The van der Waals surface area contributed by atoms with Gasteiger partial charge < -0.3 is 14.6 Å². The van der Waals surface area contributed by atoms with E-state index in [1.165, 1.54) is 23.3 Å². The maximum atomic E-state index is 13.4. The molecule has 1 atom stereocenters. The predicted octanol–water partition coefficient (Wildman–Crippen LogP) is 5.25. The van der Waals surface area contributed by atoms with Crippen molar-refractivity contribution < 1.29 is 24.2 Å². The molecule has 0 radical (unpaired) electrons. The van der Waals surface area contributed by atoms with Crippen LogP contribution in [0.15, 0.2) is 72.3 Å². The van der Waals surface area contributed by atoms with E-state index in [2.05, 4.69) is 4.98 Å². The van der Waals surface area contributed by atoms with Crippen molar-refractivity contribution in [2.24, 2.45) is 0 Å². The van der Waals surface area contributed by atoms with E-state index >= 15 is 0 Å². The summed E-state index contributed by atoms with van der Waals surface area (Å²) in [6.45, 7) is 1.93. The molecule has 1 aliphatic heterocycles. The van der Waals surface area contributed by atoms with Crippen LogP contribution in [0.5, 0.6) is 11.5 Å². The van der Waals surface area contributed by atoms with E-state index in [0.717, 1.165) is 10.3 Å². The third kappa shape index (κ3) is 3.81. The summed E-state index contributed by atoms with van der Waals surface area (Å²) in [5, 5.41) is 11.6. The Hall–Kier alpha value is -4.17. The number of aliphatic hydroxyl groups excluding tert-OH is 1. The fraction of sp³-hybridized carbons (Fsp3) is 0.148. The zero-order valence-electron chi connectivity index (χ0n) is 19.3. The van der Waals surface area contributed by atoms with E-state index in [1.807, 2.05) is 25.1 Å². The Balaban J connectivity index is 1.74. The maximum Gasteiger partial charge on any atom is 0.301 e. The first-order chi connectivity index (χ1) is 16.9. The molecule has 0 bridgehead atoms. The molecule has 1 amide bonds. The number of carbonyl (C=O) groups excluding carboxylic acids is 2. The fourth-order valence-corrected chi connectivity index (χ4v) is 5.23. The Morgan fingerprint density at radius 2 is 1.74 bits per heavy atom. The molecule has 176 valence electrons. The summed E-state index contributed by atoms with van der Waals surface area (Å²) in [4.78, 5) is 32.8. The van der Waals surface area contributed by atoms with Crippen molar-refractivity contribution in [3.8, 4) is 11.5 Å². The number of benzene rings is 3. The van der Waals surface area contributed by atoms with Crippen LogP contribution >= 0.6 is 11.3 Å². The molecule has 35 heavy (non-hydrogen) atoms. The topological polar surface area (TPSA) is 89.0 Å². The number of Topliss-reactive ketones (excluding diaryl/α,β-unsaturated/α-hetero) is 1. The number of thiazole rings is 1. The number of hydrogen-bond acceptors (Lipinski definition) is 7. The predicted molar refractivity (Wildman–Crippen MR) is 135 cm³/mol. The van der Waals surface area contributed by atoms with E-state index in [9.17, 15) is 14.7 Å². The number of nitrogens with zero attached hydrogens (tertiary/aromatic N) is 2. The molecule has 1 aromatic heterocycles. The Morgan fingerprint density at radius 1 is 1.00 bits per heavy atom. The second-order valence-electron chi connectivity index (χ2n) is 8.11. The third-order valence-electron chi connectivity index (χ3n) is 5.99. The molecule has 0 spiro atoms. The van der Waals surface area contributed by atoms with E-state index in [1.54, 1.807) is 55.6 Å². The summed E-state index contributed by atoms with van der Waals surface area (Å²) in [6.07, 6.45) is 0. The van der Waals surface area contributed by atoms with Crippen LogP contribution in [0.2, 0.25) is 0 Å². The van der Waals surface area contributed by atoms with Gasteiger partial charge in [-0.2, -0.15) is 0 Å². The number of amides is 1. The Kier molecular flexibility index (Phi) is 5.74.